The number of ether oxygens (including phenoxy) is 1. The Kier molecular flexibility index (Phi) is 6.83. The summed E-state index contributed by atoms with van der Waals surface area (Å²) in [4.78, 5) is 11.6. The van der Waals surface area contributed by atoms with Crippen LogP contribution in [0.3, 0.4) is 0 Å². The van der Waals surface area contributed by atoms with Gasteiger partial charge >= 0.3 is 0 Å². The second-order valence-corrected chi connectivity index (χ2v) is 7.82. The average Bonchev–Trinajstić information content (AvgIpc) is 2.60. The molecule has 0 aliphatic heterocycles. The standard InChI is InChI=1S/C17H19BrN2O4S/c1-2-11-19-17(21)12-24-15-7-9-16(10-8-15)25(22,23)20-14-5-3-13(18)4-6-14/h3-10,20H,2,11-12H2,1H3,(H,19,21). The van der Waals surface area contributed by atoms with Crippen LogP contribution in [0, 0.1) is 0 Å². The van der Waals surface area contributed by atoms with Crippen LogP contribution in [0.2, 0.25) is 0 Å². The monoisotopic (exact) mass is 426 g/mol. The smallest absolute Gasteiger partial charge is 0.261 e. The van der Waals surface area contributed by atoms with Gasteiger partial charge in [-0.15, -0.1) is 0 Å². The lowest BCUT2D eigenvalue weighted by Crippen LogP contribution is -2.29. The van der Waals surface area contributed by atoms with E-state index in [9.17, 15) is 13.2 Å². The maximum Gasteiger partial charge on any atom is 0.261 e. The topological polar surface area (TPSA) is 84.5 Å². The summed E-state index contributed by atoms with van der Waals surface area (Å²) in [6.45, 7) is 2.45. The molecule has 134 valence electrons. The first-order valence-corrected chi connectivity index (χ1v) is 9.96. The molecule has 0 saturated heterocycles. The number of hydrogen-bond acceptors (Lipinski definition) is 4. The van der Waals surface area contributed by atoms with Gasteiger partial charge in [0.25, 0.3) is 15.9 Å². The molecule has 6 nitrogen and oxygen atoms in total. The van der Waals surface area contributed by atoms with E-state index in [0.29, 0.717) is 18.0 Å². The van der Waals surface area contributed by atoms with Gasteiger partial charge in [0.15, 0.2) is 6.61 Å². The zero-order valence-electron chi connectivity index (χ0n) is 13.7. The van der Waals surface area contributed by atoms with Gasteiger partial charge in [0.1, 0.15) is 5.75 Å². The molecule has 0 aliphatic carbocycles. The molecule has 2 aromatic carbocycles. The first kappa shape index (κ1) is 19.3. The molecule has 0 radical (unpaired) electrons. The third-order valence-electron chi connectivity index (χ3n) is 3.17. The second kappa shape index (κ2) is 8.87. The van der Waals surface area contributed by atoms with E-state index in [-0.39, 0.29) is 17.4 Å². The lowest BCUT2D eigenvalue weighted by molar-refractivity contribution is -0.123. The van der Waals surface area contributed by atoms with Gasteiger partial charge in [-0.2, -0.15) is 0 Å². The molecule has 0 aliphatic rings. The Morgan fingerprint density at radius 1 is 1.08 bits per heavy atom. The molecule has 25 heavy (non-hydrogen) atoms. The quantitative estimate of drug-likeness (QED) is 0.678. The Morgan fingerprint density at radius 3 is 2.32 bits per heavy atom. The highest BCUT2D eigenvalue weighted by Gasteiger charge is 2.14. The molecule has 0 atom stereocenters. The van der Waals surface area contributed by atoms with Crippen molar-refractivity contribution in [3.8, 4) is 5.75 Å². The van der Waals surface area contributed by atoms with E-state index in [2.05, 4.69) is 26.0 Å². The van der Waals surface area contributed by atoms with Crippen LogP contribution in [0.15, 0.2) is 57.9 Å². The highest BCUT2D eigenvalue weighted by Crippen LogP contribution is 2.20. The van der Waals surface area contributed by atoms with Gasteiger partial charge in [-0.05, 0) is 55.0 Å². The Hall–Kier alpha value is -2.06. The van der Waals surface area contributed by atoms with Gasteiger partial charge in [0, 0.05) is 16.7 Å². The van der Waals surface area contributed by atoms with Crippen LogP contribution in [0.4, 0.5) is 5.69 Å². The summed E-state index contributed by atoms with van der Waals surface area (Å²) in [5.41, 5.74) is 0.469. The zero-order chi connectivity index (χ0) is 18.3. The third-order valence-corrected chi connectivity index (χ3v) is 5.10. The molecule has 0 saturated carbocycles. The van der Waals surface area contributed by atoms with Crippen molar-refractivity contribution in [2.75, 3.05) is 17.9 Å². The van der Waals surface area contributed by atoms with Crippen molar-refractivity contribution in [2.24, 2.45) is 0 Å². The number of sulfonamides is 1. The predicted molar refractivity (Wildman–Crippen MR) is 100 cm³/mol. The lowest BCUT2D eigenvalue weighted by Gasteiger charge is -2.10. The minimum Gasteiger partial charge on any atom is -0.484 e. The fraction of sp³-hybridized carbons (Fsp3) is 0.235. The lowest BCUT2D eigenvalue weighted by atomic mass is 10.3. The molecule has 2 rings (SSSR count). The fourth-order valence-corrected chi connectivity index (χ4v) is 3.23. The van der Waals surface area contributed by atoms with Crippen LogP contribution in [-0.4, -0.2) is 27.5 Å². The highest BCUT2D eigenvalue weighted by molar-refractivity contribution is 9.10. The molecule has 1 amide bonds. The van der Waals surface area contributed by atoms with Gasteiger partial charge < -0.3 is 10.1 Å². The number of carbonyl (C=O) groups excluding carboxylic acids is 1. The van der Waals surface area contributed by atoms with Crippen molar-refractivity contribution in [3.05, 3.63) is 53.0 Å². The van der Waals surface area contributed by atoms with E-state index in [0.717, 1.165) is 10.9 Å². The minimum absolute atomic E-state index is 0.108. The van der Waals surface area contributed by atoms with Crippen molar-refractivity contribution in [1.29, 1.82) is 0 Å². The number of benzene rings is 2. The molecule has 2 N–H and O–H groups in total. The van der Waals surface area contributed by atoms with Gasteiger partial charge in [0.05, 0.1) is 4.90 Å². The van der Waals surface area contributed by atoms with Crippen LogP contribution < -0.4 is 14.8 Å². The van der Waals surface area contributed by atoms with E-state index in [4.69, 9.17) is 4.74 Å². The zero-order valence-corrected chi connectivity index (χ0v) is 16.1. The number of nitrogens with one attached hydrogen (secondary N) is 2. The van der Waals surface area contributed by atoms with E-state index >= 15 is 0 Å². The van der Waals surface area contributed by atoms with Crippen molar-refractivity contribution in [2.45, 2.75) is 18.2 Å². The molecule has 0 fully saturated rings. The summed E-state index contributed by atoms with van der Waals surface area (Å²) in [6.07, 6.45) is 0.851. The Bertz CT molecular complexity index is 806. The summed E-state index contributed by atoms with van der Waals surface area (Å²) < 4.78 is 33.4. The summed E-state index contributed by atoms with van der Waals surface area (Å²) in [5.74, 6) is 0.213. The van der Waals surface area contributed by atoms with Crippen LogP contribution >= 0.6 is 15.9 Å². The molecule has 8 heteroatoms. The molecule has 0 bridgehead atoms. The summed E-state index contributed by atoms with van der Waals surface area (Å²) in [6, 6.07) is 12.7. The van der Waals surface area contributed by atoms with Gasteiger partial charge in [0.2, 0.25) is 0 Å². The first-order chi connectivity index (χ1) is 11.9. The van der Waals surface area contributed by atoms with Crippen molar-refractivity contribution in [1.82, 2.24) is 5.32 Å². The van der Waals surface area contributed by atoms with Gasteiger partial charge in [-0.25, -0.2) is 8.42 Å². The molecule has 0 unspecified atom stereocenters. The number of halogens is 1. The van der Waals surface area contributed by atoms with Crippen molar-refractivity contribution >= 4 is 37.5 Å². The van der Waals surface area contributed by atoms with Crippen LogP contribution in [0.5, 0.6) is 5.75 Å². The first-order valence-electron chi connectivity index (χ1n) is 7.68. The molecular formula is C17H19BrN2O4S. The van der Waals surface area contributed by atoms with Crippen molar-refractivity contribution < 1.29 is 17.9 Å². The highest BCUT2D eigenvalue weighted by atomic mass is 79.9. The second-order valence-electron chi connectivity index (χ2n) is 5.22. The van der Waals surface area contributed by atoms with Crippen LogP contribution in [0.1, 0.15) is 13.3 Å². The number of amides is 1. The number of carbonyl (C=O) groups is 1. The normalized spacial score (nSPS) is 11.0. The summed E-state index contributed by atoms with van der Waals surface area (Å²) in [7, 11) is -3.69. The van der Waals surface area contributed by atoms with Crippen LogP contribution in [-0.2, 0) is 14.8 Å². The predicted octanol–water partition coefficient (Wildman–Crippen LogP) is 3.15. The number of rotatable bonds is 8. The molecule has 0 spiro atoms. The van der Waals surface area contributed by atoms with Gasteiger partial charge in [-0.3, -0.25) is 9.52 Å². The van der Waals surface area contributed by atoms with Crippen molar-refractivity contribution in [3.63, 3.8) is 0 Å². The maximum atomic E-state index is 12.4. The molecule has 2 aromatic rings. The Balaban J connectivity index is 1.98. The molecule has 0 aromatic heterocycles. The van der Waals surface area contributed by atoms with Gasteiger partial charge in [-0.1, -0.05) is 22.9 Å². The van der Waals surface area contributed by atoms with Crippen LogP contribution in [0.25, 0.3) is 0 Å². The number of anilines is 1. The SMILES string of the molecule is CCCNC(=O)COc1ccc(S(=O)(=O)Nc2ccc(Br)cc2)cc1. The van der Waals surface area contributed by atoms with E-state index in [1.165, 1.54) is 24.3 Å². The third kappa shape index (κ3) is 6.06. The fourth-order valence-electron chi connectivity index (χ4n) is 1.91. The molecular weight excluding hydrogens is 408 g/mol. The molecule has 0 heterocycles. The maximum absolute atomic E-state index is 12.4. The Labute approximate surface area is 155 Å². The van der Waals surface area contributed by atoms with E-state index < -0.39 is 10.0 Å². The average molecular weight is 427 g/mol. The number of hydrogen-bond donors (Lipinski definition) is 2. The van der Waals surface area contributed by atoms with E-state index in [1.807, 2.05) is 6.92 Å². The Morgan fingerprint density at radius 2 is 1.72 bits per heavy atom. The minimum atomic E-state index is -3.69. The van der Waals surface area contributed by atoms with E-state index in [1.54, 1.807) is 24.3 Å². The largest absolute Gasteiger partial charge is 0.484 e. The summed E-state index contributed by atoms with van der Waals surface area (Å²) in [5, 5.41) is 2.70. The summed E-state index contributed by atoms with van der Waals surface area (Å²) >= 11 is 3.30.